The molecule has 0 aliphatic rings. The molecule has 0 radical (unpaired) electrons. The highest BCUT2D eigenvalue weighted by molar-refractivity contribution is 5.69. The van der Waals surface area contributed by atoms with E-state index in [1.54, 1.807) is 6.08 Å². The fourth-order valence-corrected chi connectivity index (χ4v) is 0.969. The maximum absolute atomic E-state index is 11.6. The predicted octanol–water partition coefficient (Wildman–Crippen LogP) is 3.23. The third-order valence-corrected chi connectivity index (χ3v) is 1.69. The number of carbonyl (C=O) groups is 1. The van der Waals surface area contributed by atoms with Crippen LogP contribution < -0.4 is 0 Å². The lowest BCUT2D eigenvalue weighted by molar-refractivity contribution is -0.186. The molecule has 0 aromatic rings. The van der Waals surface area contributed by atoms with Gasteiger partial charge in [0.25, 0.3) is 0 Å². The Morgan fingerprint density at radius 1 is 1.27 bits per heavy atom. The predicted molar refractivity (Wildman–Crippen MR) is 50.3 cm³/mol. The molecule has 0 spiro atoms. The number of alkyl halides is 3. The Balaban J connectivity index is 3.38. The maximum Gasteiger partial charge on any atom is 0.422 e. The SMILES string of the molecule is C=CCCCCCC(=O)OCC(F)(F)F. The Morgan fingerprint density at radius 3 is 2.47 bits per heavy atom. The largest absolute Gasteiger partial charge is 0.456 e. The summed E-state index contributed by atoms with van der Waals surface area (Å²) in [6, 6.07) is 0. The van der Waals surface area contributed by atoms with Crippen molar-refractivity contribution < 1.29 is 22.7 Å². The van der Waals surface area contributed by atoms with Crippen molar-refractivity contribution in [2.24, 2.45) is 0 Å². The van der Waals surface area contributed by atoms with Gasteiger partial charge in [0.2, 0.25) is 0 Å². The first-order chi connectivity index (χ1) is 6.95. The summed E-state index contributed by atoms with van der Waals surface area (Å²) in [5, 5.41) is 0. The Bertz CT molecular complexity index is 199. The zero-order valence-corrected chi connectivity index (χ0v) is 8.48. The summed E-state index contributed by atoms with van der Waals surface area (Å²) in [5.41, 5.74) is 0. The minimum atomic E-state index is -4.43. The van der Waals surface area contributed by atoms with Gasteiger partial charge in [-0.3, -0.25) is 4.79 Å². The summed E-state index contributed by atoms with van der Waals surface area (Å²) < 4.78 is 38.9. The highest BCUT2D eigenvalue weighted by Crippen LogP contribution is 2.15. The van der Waals surface area contributed by atoms with Crippen LogP contribution in [0.15, 0.2) is 12.7 Å². The van der Waals surface area contributed by atoms with Crippen molar-refractivity contribution in [2.75, 3.05) is 6.61 Å². The maximum atomic E-state index is 11.6. The van der Waals surface area contributed by atoms with Crippen molar-refractivity contribution in [2.45, 2.75) is 38.3 Å². The lowest BCUT2D eigenvalue weighted by atomic mass is 10.1. The number of allylic oxidation sites excluding steroid dienone is 1. The Labute approximate surface area is 87.1 Å². The van der Waals surface area contributed by atoms with Gasteiger partial charge < -0.3 is 4.74 Å². The number of carbonyl (C=O) groups excluding carboxylic acids is 1. The molecule has 0 unspecified atom stereocenters. The van der Waals surface area contributed by atoms with E-state index in [9.17, 15) is 18.0 Å². The van der Waals surface area contributed by atoms with Gasteiger partial charge in [-0.25, -0.2) is 0 Å². The van der Waals surface area contributed by atoms with Gasteiger partial charge in [-0.2, -0.15) is 13.2 Å². The highest BCUT2D eigenvalue weighted by Gasteiger charge is 2.29. The van der Waals surface area contributed by atoms with Gasteiger partial charge in [0.05, 0.1) is 0 Å². The van der Waals surface area contributed by atoms with E-state index in [1.165, 1.54) is 0 Å². The van der Waals surface area contributed by atoms with E-state index in [-0.39, 0.29) is 6.42 Å². The number of ether oxygens (including phenoxy) is 1. The first-order valence-electron chi connectivity index (χ1n) is 4.79. The topological polar surface area (TPSA) is 26.3 Å². The van der Waals surface area contributed by atoms with Gasteiger partial charge in [0.15, 0.2) is 6.61 Å². The second-order valence-electron chi connectivity index (χ2n) is 3.16. The molecule has 0 aromatic carbocycles. The molecule has 0 atom stereocenters. The average Bonchev–Trinajstić information content (AvgIpc) is 2.13. The summed E-state index contributed by atoms with van der Waals surface area (Å²) >= 11 is 0. The quantitative estimate of drug-likeness (QED) is 0.377. The number of unbranched alkanes of at least 4 members (excludes halogenated alkanes) is 3. The molecule has 0 saturated carbocycles. The van der Waals surface area contributed by atoms with Gasteiger partial charge in [0, 0.05) is 6.42 Å². The summed E-state index contributed by atoms with van der Waals surface area (Å²) in [5.74, 6) is -0.786. The van der Waals surface area contributed by atoms with E-state index >= 15 is 0 Å². The lowest BCUT2D eigenvalue weighted by Gasteiger charge is -2.07. The third-order valence-electron chi connectivity index (χ3n) is 1.69. The van der Waals surface area contributed by atoms with Crippen LogP contribution in [0.5, 0.6) is 0 Å². The summed E-state index contributed by atoms with van der Waals surface area (Å²) in [6.45, 7) is 2.05. The molecule has 0 saturated heterocycles. The molecule has 2 nitrogen and oxygen atoms in total. The van der Waals surface area contributed by atoms with Gasteiger partial charge >= 0.3 is 12.1 Å². The van der Waals surface area contributed by atoms with Crippen LogP contribution in [-0.2, 0) is 9.53 Å². The van der Waals surface area contributed by atoms with E-state index in [1.807, 2.05) is 0 Å². The van der Waals surface area contributed by atoms with Crippen LogP contribution >= 0.6 is 0 Å². The molecule has 0 fully saturated rings. The number of hydrogen-bond acceptors (Lipinski definition) is 2. The highest BCUT2D eigenvalue weighted by atomic mass is 19.4. The minimum absolute atomic E-state index is 0.0488. The normalized spacial score (nSPS) is 11.1. The van der Waals surface area contributed by atoms with E-state index in [0.29, 0.717) is 6.42 Å². The lowest BCUT2D eigenvalue weighted by Crippen LogP contribution is -2.20. The van der Waals surface area contributed by atoms with Gasteiger partial charge in [0.1, 0.15) is 0 Å². The van der Waals surface area contributed by atoms with Crippen molar-refractivity contribution in [1.82, 2.24) is 0 Å². The molecule has 0 bridgehead atoms. The molecular formula is C10H15F3O2. The molecule has 0 amide bonds. The first kappa shape index (κ1) is 14.0. The summed E-state index contributed by atoms with van der Waals surface area (Å²) in [4.78, 5) is 10.8. The van der Waals surface area contributed by atoms with E-state index in [2.05, 4.69) is 11.3 Å². The molecule has 88 valence electrons. The van der Waals surface area contributed by atoms with Crippen LogP contribution in [-0.4, -0.2) is 18.8 Å². The zero-order valence-electron chi connectivity index (χ0n) is 8.48. The molecule has 15 heavy (non-hydrogen) atoms. The van der Waals surface area contributed by atoms with Crippen LogP contribution in [0.25, 0.3) is 0 Å². The Hall–Kier alpha value is -1.00. The minimum Gasteiger partial charge on any atom is -0.456 e. The Kier molecular flexibility index (Phi) is 6.83. The van der Waals surface area contributed by atoms with Crippen molar-refractivity contribution in [3.8, 4) is 0 Å². The van der Waals surface area contributed by atoms with Crippen LogP contribution in [0.4, 0.5) is 13.2 Å². The molecular weight excluding hydrogens is 209 g/mol. The summed E-state index contributed by atoms with van der Waals surface area (Å²) in [6.07, 6.45) is 0.499. The fourth-order valence-electron chi connectivity index (χ4n) is 0.969. The fraction of sp³-hybridized carbons (Fsp3) is 0.700. The van der Waals surface area contributed by atoms with Gasteiger partial charge in [-0.15, -0.1) is 6.58 Å². The number of halogens is 3. The van der Waals surface area contributed by atoms with E-state index < -0.39 is 18.8 Å². The second kappa shape index (κ2) is 7.31. The first-order valence-corrected chi connectivity index (χ1v) is 4.79. The Morgan fingerprint density at radius 2 is 1.93 bits per heavy atom. The molecule has 0 heterocycles. The number of rotatable bonds is 7. The van der Waals surface area contributed by atoms with Crippen LogP contribution in [0.3, 0.4) is 0 Å². The molecule has 5 heteroatoms. The molecule has 0 rings (SSSR count). The van der Waals surface area contributed by atoms with Gasteiger partial charge in [-0.05, 0) is 19.3 Å². The average molecular weight is 224 g/mol. The van der Waals surface area contributed by atoms with Crippen molar-refractivity contribution >= 4 is 5.97 Å². The van der Waals surface area contributed by atoms with Crippen molar-refractivity contribution in [1.29, 1.82) is 0 Å². The van der Waals surface area contributed by atoms with Gasteiger partial charge in [-0.1, -0.05) is 12.5 Å². The molecule has 0 aliphatic heterocycles. The van der Waals surface area contributed by atoms with Crippen molar-refractivity contribution in [3.05, 3.63) is 12.7 Å². The third kappa shape index (κ3) is 10.9. The van der Waals surface area contributed by atoms with E-state index in [0.717, 1.165) is 19.3 Å². The van der Waals surface area contributed by atoms with Crippen LogP contribution in [0, 0.1) is 0 Å². The standard InChI is InChI=1S/C10H15F3O2/c1-2-3-4-5-6-7-9(14)15-8-10(11,12)13/h2H,1,3-8H2. The van der Waals surface area contributed by atoms with Crippen molar-refractivity contribution in [3.63, 3.8) is 0 Å². The molecule has 0 N–H and O–H groups in total. The van der Waals surface area contributed by atoms with Crippen LogP contribution in [0.1, 0.15) is 32.1 Å². The number of hydrogen-bond donors (Lipinski definition) is 0. The smallest absolute Gasteiger partial charge is 0.422 e. The van der Waals surface area contributed by atoms with Crippen LogP contribution in [0.2, 0.25) is 0 Å². The number of esters is 1. The molecule has 0 aliphatic carbocycles. The molecule has 0 aromatic heterocycles. The monoisotopic (exact) mass is 224 g/mol. The summed E-state index contributed by atoms with van der Waals surface area (Å²) in [7, 11) is 0. The zero-order chi connectivity index (χ0) is 11.7. The second-order valence-corrected chi connectivity index (χ2v) is 3.16. The van der Waals surface area contributed by atoms with E-state index in [4.69, 9.17) is 0 Å².